The summed E-state index contributed by atoms with van der Waals surface area (Å²) in [6.45, 7) is 3.88. The maximum absolute atomic E-state index is 12.8. The number of aryl methyl sites for hydroxylation is 2. The standard InChI is InChI=1S/C21H26N4O3S/c1-12-11-14(29(27,28)25-17-5-3-4-6-19(17)26)7-8-15(12)16-9-10-18-20(13(16)2)21(22)24-23-18/h7-11,17,19,25-26H,3-6H2,1-2H3,(H3,22,23,24). The van der Waals surface area contributed by atoms with E-state index in [1.54, 1.807) is 12.1 Å². The number of aliphatic hydroxyl groups is 1. The van der Waals surface area contributed by atoms with E-state index < -0.39 is 22.2 Å². The summed E-state index contributed by atoms with van der Waals surface area (Å²) in [5.74, 6) is 0.450. The fourth-order valence-electron chi connectivity index (χ4n) is 4.22. The van der Waals surface area contributed by atoms with Crippen LogP contribution in [0, 0.1) is 13.8 Å². The first-order chi connectivity index (χ1) is 13.8. The lowest BCUT2D eigenvalue weighted by atomic mass is 9.93. The van der Waals surface area contributed by atoms with Gasteiger partial charge in [0.2, 0.25) is 10.0 Å². The highest BCUT2D eigenvalue weighted by molar-refractivity contribution is 7.89. The van der Waals surface area contributed by atoms with Crippen LogP contribution in [0.4, 0.5) is 5.82 Å². The quantitative estimate of drug-likeness (QED) is 0.523. The van der Waals surface area contributed by atoms with Gasteiger partial charge in [-0.15, -0.1) is 0 Å². The molecule has 0 radical (unpaired) electrons. The Hall–Kier alpha value is -2.42. The lowest BCUT2D eigenvalue weighted by Gasteiger charge is -2.28. The number of nitrogens with two attached hydrogens (primary N) is 1. The molecule has 0 spiro atoms. The molecule has 3 aromatic rings. The Balaban J connectivity index is 1.68. The Kier molecular flexibility index (Phi) is 5.10. The first-order valence-electron chi connectivity index (χ1n) is 9.82. The van der Waals surface area contributed by atoms with Gasteiger partial charge >= 0.3 is 0 Å². The number of H-pyrrole nitrogens is 1. The SMILES string of the molecule is Cc1cc(S(=O)(=O)NC2CCCCC2O)ccc1-c1ccc2[nH]nc(N)c2c1C. The number of rotatable bonds is 4. The van der Waals surface area contributed by atoms with Crippen molar-refractivity contribution in [3.05, 3.63) is 41.5 Å². The van der Waals surface area contributed by atoms with E-state index in [-0.39, 0.29) is 4.90 Å². The average molecular weight is 415 g/mol. The zero-order valence-corrected chi connectivity index (χ0v) is 17.4. The van der Waals surface area contributed by atoms with E-state index in [9.17, 15) is 13.5 Å². The molecule has 2 aromatic carbocycles. The molecular formula is C21H26N4O3S. The molecule has 1 heterocycles. The fourth-order valence-corrected chi connectivity index (χ4v) is 5.61. The molecule has 0 aliphatic heterocycles. The second-order valence-electron chi connectivity index (χ2n) is 7.83. The number of aromatic nitrogens is 2. The highest BCUT2D eigenvalue weighted by Gasteiger charge is 2.28. The van der Waals surface area contributed by atoms with Crippen LogP contribution in [0.25, 0.3) is 22.0 Å². The summed E-state index contributed by atoms with van der Waals surface area (Å²) < 4.78 is 28.4. The third kappa shape index (κ3) is 3.63. The fraction of sp³-hybridized carbons (Fsp3) is 0.381. The molecule has 8 heteroatoms. The Labute approximate surface area is 170 Å². The summed E-state index contributed by atoms with van der Waals surface area (Å²) in [5.41, 5.74) is 10.6. The van der Waals surface area contributed by atoms with E-state index in [1.165, 1.54) is 0 Å². The molecule has 0 bridgehead atoms. The molecule has 0 saturated heterocycles. The second-order valence-corrected chi connectivity index (χ2v) is 9.54. The number of nitrogens with one attached hydrogen (secondary N) is 2. The van der Waals surface area contributed by atoms with Gasteiger partial charge in [-0.25, -0.2) is 13.1 Å². The molecule has 29 heavy (non-hydrogen) atoms. The zero-order valence-electron chi connectivity index (χ0n) is 16.6. The van der Waals surface area contributed by atoms with Gasteiger partial charge in [0.1, 0.15) is 0 Å². The molecule has 2 unspecified atom stereocenters. The van der Waals surface area contributed by atoms with E-state index in [0.29, 0.717) is 18.7 Å². The minimum atomic E-state index is -3.70. The molecule has 1 aliphatic rings. The molecule has 2 atom stereocenters. The Morgan fingerprint density at radius 2 is 1.86 bits per heavy atom. The van der Waals surface area contributed by atoms with E-state index in [0.717, 1.165) is 46.0 Å². The van der Waals surface area contributed by atoms with Crippen LogP contribution in [0.3, 0.4) is 0 Å². The van der Waals surface area contributed by atoms with Crippen LogP contribution in [0.5, 0.6) is 0 Å². The lowest BCUT2D eigenvalue weighted by molar-refractivity contribution is 0.101. The maximum atomic E-state index is 12.8. The van der Waals surface area contributed by atoms with E-state index in [4.69, 9.17) is 5.73 Å². The van der Waals surface area contributed by atoms with Gasteiger partial charge in [0, 0.05) is 11.4 Å². The molecule has 1 aliphatic carbocycles. The molecule has 1 fully saturated rings. The van der Waals surface area contributed by atoms with Gasteiger partial charge < -0.3 is 10.8 Å². The van der Waals surface area contributed by atoms with Crippen molar-refractivity contribution in [2.24, 2.45) is 0 Å². The number of hydrogen-bond acceptors (Lipinski definition) is 5. The normalized spacial score (nSPS) is 20.2. The first kappa shape index (κ1) is 19.9. The third-order valence-electron chi connectivity index (χ3n) is 5.85. The molecule has 7 nitrogen and oxygen atoms in total. The van der Waals surface area contributed by atoms with Crippen LogP contribution in [-0.4, -0.2) is 35.9 Å². The van der Waals surface area contributed by atoms with Crippen LogP contribution < -0.4 is 10.5 Å². The highest BCUT2D eigenvalue weighted by Crippen LogP contribution is 2.34. The largest absolute Gasteiger partial charge is 0.391 e. The number of fused-ring (bicyclic) bond motifs is 1. The van der Waals surface area contributed by atoms with Gasteiger partial charge in [-0.1, -0.05) is 25.0 Å². The lowest BCUT2D eigenvalue weighted by Crippen LogP contribution is -2.44. The molecular weight excluding hydrogens is 388 g/mol. The van der Waals surface area contributed by atoms with E-state index in [2.05, 4.69) is 14.9 Å². The second kappa shape index (κ2) is 7.44. The smallest absolute Gasteiger partial charge is 0.240 e. The van der Waals surface area contributed by atoms with Crippen molar-refractivity contribution in [1.82, 2.24) is 14.9 Å². The van der Waals surface area contributed by atoms with Gasteiger partial charge in [0.15, 0.2) is 5.82 Å². The number of sulfonamides is 1. The minimum absolute atomic E-state index is 0.207. The topological polar surface area (TPSA) is 121 Å². The predicted octanol–water partition coefficient (Wildman–Crippen LogP) is 3.01. The van der Waals surface area contributed by atoms with Crippen LogP contribution in [0.2, 0.25) is 0 Å². The van der Waals surface area contributed by atoms with Crippen molar-refractivity contribution in [2.45, 2.75) is 56.6 Å². The van der Waals surface area contributed by atoms with Gasteiger partial charge in [-0.2, -0.15) is 5.10 Å². The minimum Gasteiger partial charge on any atom is -0.391 e. The number of aromatic amines is 1. The van der Waals surface area contributed by atoms with Crippen molar-refractivity contribution in [3.63, 3.8) is 0 Å². The van der Waals surface area contributed by atoms with Gasteiger partial charge in [0.25, 0.3) is 0 Å². The highest BCUT2D eigenvalue weighted by atomic mass is 32.2. The van der Waals surface area contributed by atoms with Crippen molar-refractivity contribution >= 4 is 26.7 Å². The summed E-state index contributed by atoms with van der Waals surface area (Å²) in [6.07, 6.45) is 2.50. The summed E-state index contributed by atoms with van der Waals surface area (Å²) >= 11 is 0. The third-order valence-corrected chi connectivity index (χ3v) is 7.34. The Bertz CT molecular complexity index is 1170. The maximum Gasteiger partial charge on any atom is 0.240 e. The van der Waals surface area contributed by atoms with Crippen molar-refractivity contribution in [3.8, 4) is 11.1 Å². The van der Waals surface area contributed by atoms with Crippen molar-refractivity contribution in [2.75, 3.05) is 5.73 Å². The van der Waals surface area contributed by atoms with Gasteiger partial charge in [-0.05, 0) is 67.1 Å². The first-order valence-corrected chi connectivity index (χ1v) is 11.3. The van der Waals surface area contributed by atoms with Crippen LogP contribution in [-0.2, 0) is 10.0 Å². The van der Waals surface area contributed by atoms with Crippen LogP contribution in [0.1, 0.15) is 36.8 Å². The molecule has 1 aromatic heterocycles. The van der Waals surface area contributed by atoms with Gasteiger partial charge in [-0.3, -0.25) is 5.10 Å². The number of anilines is 1. The number of nitrogens with zero attached hydrogens (tertiary/aromatic N) is 1. The average Bonchev–Trinajstić information content (AvgIpc) is 3.06. The number of benzene rings is 2. The Morgan fingerprint density at radius 1 is 1.14 bits per heavy atom. The monoisotopic (exact) mass is 414 g/mol. The predicted molar refractivity (Wildman–Crippen MR) is 114 cm³/mol. The zero-order chi connectivity index (χ0) is 20.8. The van der Waals surface area contributed by atoms with Crippen LogP contribution in [0.15, 0.2) is 35.2 Å². The van der Waals surface area contributed by atoms with Crippen LogP contribution >= 0.6 is 0 Å². The summed E-state index contributed by atoms with van der Waals surface area (Å²) in [6, 6.07) is 8.60. The number of nitrogen functional groups attached to an aromatic ring is 1. The summed E-state index contributed by atoms with van der Waals surface area (Å²) in [4.78, 5) is 0.207. The molecule has 5 N–H and O–H groups in total. The van der Waals surface area contributed by atoms with Gasteiger partial charge in [0.05, 0.1) is 16.5 Å². The molecule has 4 rings (SSSR count). The molecule has 1 saturated carbocycles. The van der Waals surface area contributed by atoms with Crippen molar-refractivity contribution in [1.29, 1.82) is 0 Å². The molecule has 154 valence electrons. The summed E-state index contributed by atoms with van der Waals surface area (Å²) in [5, 5.41) is 18.0. The number of hydrogen-bond donors (Lipinski definition) is 4. The summed E-state index contributed by atoms with van der Waals surface area (Å²) in [7, 11) is -3.70. The van der Waals surface area contributed by atoms with E-state index in [1.807, 2.05) is 32.0 Å². The Morgan fingerprint density at radius 3 is 2.59 bits per heavy atom. The molecule has 0 amide bonds. The number of aliphatic hydroxyl groups excluding tert-OH is 1. The van der Waals surface area contributed by atoms with E-state index >= 15 is 0 Å². The van der Waals surface area contributed by atoms with Crippen molar-refractivity contribution < 1.29 is 13.5 Å².